The van der Waals surface area contributed by atoms with E-state index in [1.54, 1.807) is 29.6 Å². The third-order valence-corrected chi connectivity index (χ3v) is 5.18. The number of fused-ring (bicyclic) bond motifs is 1. The molecule has 1 aliphatic heterocycles. The number of carbonyl (C=O) groups is 2. The van der Waals surface area contributed by atoms with Gasteiger partial charge in [-0.1, -0.05) is 12.1 Å². The molecule has 2 aromatic heterocycles. The van der Waals surface area contributed by atoms with Gasteiger partial charge in [-0.3, -0.25) is 14.7 Å². The molecule has 0 bridgehead atoms. The summed E-state index contributed by atoms with van der Waals surface area (Å²) in [6.45, 7) is 2.18. The molecule has 0 saturated carbocycles. The van der Waals surface area contributed by atoms with E-state index in [1.165, 1.54) is 12.1 Å². The zero-order chi connectivity index (χ0) is 20.9. The Morgan fingerprint density at radius 1 is 1.30 bits per heavy atom. The number of benzene rings is 1. The highest BCUT2D eigenvalue weighted by Crippen LogP contribution is 2.21. The smallest absolute Gasteiger partial charge is 0.272 e. The van der Waals surface area contributed by atoms with Crippen molar-refractivity contribution in [3.05, 3.63) is 71.3 Å². The first-order chi connectivity index (χ1) is 14.6. The van der Waals surface area contributed by atoms with Crippen molar-refractivity contribution in [2.75, 3.05) is 13.1 Å². The lowest BCUT2D eigenvalue weighted by Crippen LogP contribution is -2.37. The van der Waals surface area contributed by atoms with Gasteiger partial charge in [0.05, 0.1) is 25.0 Å². The maximum Gasteiger partial charge on any atom is 0.272 e. The van der Waals surface area contributed by atoms with Crippen molar-refractivity contribution in [2.45, 2.75) is 32.4 Å². The number of H-pyrrole nitrogens is 1. The molecule has 8 nitrogen and oxygen atoms in total. The molecule has 156 valence electrons. The molecule has 0 atom stereocenters. The van der Waals surface area contributed by atoms with Crippen LogP contribution in [0.5, 0.6) is 0 Å². The monoisotopic (exact) mass is 410 g/mol. The molecular weight excluding hydrogens is 387 g/mol. The Labute approximate surface area is 173 Å². The van der Waals surface area contributed by atoms with Crippen LogP contribution >= 0.6 is 0 Å². The molecule has 0 saturated heterocycles. The highest BCUT2D eigenvalue weighted by atomic mass is 19.1. The number of aromatic amines is 1. The van der Waals surface area contributed by atoms with Gasteiger partial charge >= 0.3 is 0 Å². The Morgan fingerprint density at radius 2 is 2.20 bits per heavy atom. The van der Waals surface area contributed by atoms with E-state index in [-0.39, 0.29) is 24.1 Å². The van der Waals surface area contributed by atoms with Crippen molar-refractivity contribution in [2.24, 2.45) is 0 Å². The highest BCUT2D eigenvalue weighted by Gasteiger charge is 2.27. The number of carbonyl (C=O) groups excluding carboxylic acids is 2. The first-order valence-electron chi connectivity index (χ1n) is 9.92. The van der Waals surface area contributed by atoms with Gasteiger partial charge in [-0.2, -0.15) is 5.10 Å². The van der Waals surface area contributed by atoms with E-state index in [2.05, 4.69) is 20.5 Å². The van der Waals surface area contributed by atoms with Gasteiger partial charge in [-0.25, -0.2) is 9.37 Å². The number of amides is 2. The number of nitrogens with zero attached hydrogens (tertiary/aromatic N) is 4. The molecule has 4 rings (SSSR count). The maximum atomic E-state index is 13.3. The predicted octanol–water partition coefficient (Wildman–Crippen LogP) is 1.69. The summed E-state index contributed by atoms with van der Waals surface area (Å²) in [6.07, 6.45) is 6.84. The van der Waals surface area contributed by atoms with Crippen molar-refractivity contribution >= 4 is 11.8 Å². The standard InChI is InChI=1S/C21H23FN6O2/c22-16-4-1-3-15(11-16)12-19(29)28-9-5-17-18(13-28)25-26-20(17)21(30)24-6-2-8-27-10-7-23-14-27/h1,3-4,7,10-11,14H,2,5-6,8-9,12-13H2,(H,24,30)(H,25,26). The highest BCUT2D eigenvalue weighted by molar-refractivity contribution is 5.94. The summed E-state index contributed by atoms with van der Waals surface area (Å²) < 4.78 is 15.3. The van der Waals surface area contributed by atoms with Crippen molar-refractivity contribution in [3.8, 4) is 0 Å². The molecule has 0 fully saturated rings. The molecule has 2 N–H and O–H groups in total. The molecule has 0 unspecified atom stereocenters. The minimum Gasteiger partial charge on any atom is -0.351 e. The summed E-state index contributed by atoms with van der Waals surface area (Å²) in [6, 6.07) is 6.07. The summed E-state index contributed by atoms with van der Waals surface area (Å²) >= 11 is 0. The van der Waals surface area contributed by atoms with Gasteiger partial charge in [-0.15, -0.1) is 0 Å². The summed E-state index contributed by atoms with van der Waals surface area (Å²) in [4.78, 5) is 30.8. The molecular formula is C21H23FN6O2. The molecule has 30 heavy (non-hydrogen) atoms. The van der Waals surface area contributed by atoms with Crippen molar-refractivity contribution in [1.29, 1.82) is 0 Å². The van der Waals surface area contributed by atoms with Crippen LogP contribution in [0.3, 0.4) is 0 Å². The Bertz CT molecular complexity index is 1030. The number of aryl methyl sites for hydroxylation is 1. The first-order valence-corrected chi connectivity index (χ1v) is 9.92. The first kappa shape index (κ1) is 19.8. The molecule has 3 aromatic rings. The van der Waals surface area contributed by atoms with Crippen molar-refractivity contribution < 1.29 is 14.0 Å². The normalized spacial score (nSPS) is 13.2. The SMILES string of the molecule is O=C(NCCCn1ccnc1)c1n[nH]c2c1CCN(C(=O)Cc1cccc(F)c1)C2. The largest absolute Gasteiger partial charge is 0.351 e. The maximum absolute atomic E-state index is 13.3. The third kappa shape index (κ3) is 4.56. The van der Waals surface area contributed by atoms with Crippen LogP contribution in [0.15, 0.2) is 43.0 Å². The molecule has 0 spiro atoms. The van der Waals surface area contributed by atoms with E-state index < -0.39 is 0 Å². The number of rotatable bonds is 7. The summed E-state index contributed by atoms with van der Waals surface area (Å²) in [7, 11) is 0. The Morgan fingerprint density at radius 3 is 3.00 bits per heavy atom. The second-order valence-corrected chi connectivity index (χ2v) is 7.31. The number of halogens is 1. The molecule has 9 heteroatoms. The van der Waals surface area contributed by atoms with E-state index in [0.29, 0.717) is 37.3 Å². The Balaban J connectivity index is 1.31. The van der Waals surface area contributed by atoms with Crippen LogP contribution in [0.25, 0.3) is 0 Å². The van der Waals surface area contributed by atoms with E-state index in [4.69, 9.17) is 0 Å². The van der Waals surface area contributed by atoms with Crippen LogP contribution in [-0.2, 0) is 30.7 Å². The molecule has 0 aliphatic carbocycles. The van der Waals surface area contributed by atoms with Gasteiger partial charge in [0.2, 0.25) is 5.91 Å². The van der Waals surface area contributed by atoms with Gasteiger partial charge in [0, 0.05) is 37.6 Å². The van der Waals surface area contributed by atoms with E-state index in [1.807, 2.05) is 10.8 Å². The van der Waals surface area contributed by atoms with E-state index in [9.17, 15) is 14.0 Å². The topological polar surface area (TPSA) is 95.9 Å². The summed E-state index contributed by atoms with van der Waals surface area (Å²) in [5, 5.41) is 9.97. The number of hydrogen-bond donors (Lipinski definition) is 2. The Hall–Kier alpha value is -3.49. The number of imidazole rings is 1. The van der Waals surface area contributed by atoms with Gasteiger partial charge < -0.3 is 14.8 Å². The second kappa shape index (κ2) is 8.89. The van der Waals surface area contributed by atoms with Gasteiger partial charge in [0.25, 0.3) is 5.91 Å². The van der Waals surface area contributed by atoms with Gasteiger partial charge in [0.1, 0.15) is 5.82 Å². The second-order valence-electron chi connectivity index (χ2n) is 7.31. The zero-order valence-corrected chi connectivity index (χ0v) is 16.5. The lowest BCUT2D eigenvalue weighted by atomic mass is 10.0. The fourth-order valence-corrected chi connectivity index (χ4v) is 3.62. The predicted molar refractivity (Wildman–Crippen MR) is 107 cm³/mol. The molecule has 0 radical (unpaired) electrons. The van der Waals surface area contributed by atoms with Crippen LogP contribution in [0.1, 0.15) is 33.7 Å². The van der Waals surface area contributed by atoms with Crippen LogP contribution in [0, 0.1) is 5.82 Å². The van der Waals surface area contributed by atoms with Gasteiger partial charge in [0.15, 0.2) is 5.69 Å². The number of nitrogens with one attached hydrogen (secondary N) is 2. The van der Waals surface area contributed by atoms with Crippen LogP contribution < -0.4 is 5.32 Å². The Kier molecular flexibility index (Phi) is 5.87. The van der Waals surface area contributed by atoms with Gasteiger partial charge in [-0.05, 0) is 30.5 Å². The van der Waals surface area contributed by atoms with Crippen LogP contribution in [0.2, 0.25) is 0 Å². The summed E-state index contributed by atoms with van der Waals surface area (Å²) in [5.74, 6) is -0.639. The number of hydrogen-bond acceptors (Lipinski definition) is 4. The minimum atomic E-state index is -0.351. The van der Waals surface area contributed by atoms with Crippen molar-refractivity contribution in [3.63, 3.8) is 0 Å². The average Bonchev–Trinajstić information content (AvgIpc) is 3.40. The van der Waals surface area contributed by atoms with Crippen LogP contribution in [0.4, 0.5) is 4.39 Å². The molecule has 1 aromatic carbocycles. The van der Waals surface area contributed by atoms with E-state index >= 15 is 0 Å². The molecule has 1 aliphatic rings. The van der Waals surface area contributed by atoms with Crippen LogP contribution in [-0.4, -0.2) is 49.6 Å². The number of aromatic nitrogens is 4. The fourth-order valence-electron chi connectivity index (χ4n) is 3.62. The lowest BCUT2D eigenvalue weighted by Gasteiger charge is -2.27. The fraction of sp³-hybridized carbons (Fsp3) is 0.333. The lowest BCUT2D eigenvalue weighted by molar-refractivity contribution is -0.131. The molecule has 3 heterocycles. The van der Waals surface area contributed by atoms with E-state index in [0.717, 1.165) is 24.2 Å². The zero-order valence-electron chi connectivity index (χ0n) is 16.5. The molecule has 2 amide bonds. The quantitative estimate of drug-likeness (QED) is 0.580. The third-order valence-electron chi connectivity index (χ3n) is 5.18. The minimum absolute atomic E-state index is 0.0775. The van der Waals surface area contributed by atoms with Crippen molar-refractivity contribution in [1.82, 2.24) is 30.0 Å². The summed E-state index contributed by atoms with van der Waals surface area (Å²) in [5.41, 5.74) is 2.67. The average molecular weight is 410 g/mol.